The van der Waals surface area contributed by atoms with Gasteiger partial charge in [-0.2, -0.15) is 0 Å². The van der Waals surface area contributed by atoms with Crippen molar-refractivity contribution in [3.63, 3.8) is 0 Å². The van der Waals surface area contributed by atoms with E-state index in [1.54, 1.807) is 0 Å². The number of nitrogens with zero attached hydrogens (tertiary/aromatic N) is 2. The Hall–Kier alpha value is -0.810. The molecule has 1 atom stereocenters. The molecule has 0 spiro atoms. The summed E-state index contributed by atoms with van der Waals surface area (Å²) < 4.78 is 11.2. The van der Waals surface area contributed by atoms with E-state index in [0.717, 1.165) is 89.7 Å². The van der Waals surface area contributed by atoms with Crippen LogP contribution in [0.2, 0.25) is 0 Å². The van der Waals surface area contributed by atoms with Crippen molar-refractivity contribution in [3.05, 3.63) is 0 Å². The zero-order chi connectivity index (χ0) is 17.9. The fourth-order valence-corrected chi connectivity index (χ4v) is 3.82. The van der Waals surface area contributed by atoms with Crippen molar-refractivity contribution in [2.24, 2.45) is 22.7 Å². The Morgan fingerprint density at radius 3 is 2.76 bits per heavy atom. The summed E-state index contributed by atoms with van der Waals surface area (Å²) in [6, 6.07) is 0. The highest BCUT2D eigenvalue weighted by Crippen LogP contribution is 2.23. The molecule has 2 saturated heterocycles. The molecule has 0 bridgehead atoms. The lowest BCUT2D eigenvalue weighted by molar-refractivity contribution is 0.0205. The van der Waals surface area contributed by atoms with Gasteiger partial charge in [0, 0.05) is 52.6 Å². The highest BCUT2D eigenvalue weighted by molar-refractivity contribution is 5.80. The molecule has 0 radical (unpaired) electrons. The van der Waals surface area contributed by atoms with Gasteiger partial charge in [0.1, 0.15) is 0 Å². The molecular weight excluding hydrogens is 314 g/mol. The second-order valence-electron chi connectivity index (χ2n) is 7.95. The van der Waals surface area contributed by atoms with Gasteiger partial charge >= 0.3 is 0 Å². The Morgan fingerprint density at radius 2 is 2.04 bits per heavy atom. The van der Waals surface area contributed by atoms with E-state index in [0.29, 0.717) is 5.92 Å². The molecule has 0 aliphatic carbocycles. The lowest BCUT2D eigenvalue weighted by Crippen LogP contribution is -2.40. The number of hydrogen-bond donors (Lipinski definition) is 1. The van der Waals surface area contributed by atoms with E-state index in [-0.39, 0.29) is 0 Å². The van der Waals surface area contributed by atoms with Gasteiger partial charge < -0.3 is 19.7 Å². The summed E-state index contributed by atoms with van der Waals surface area (Å²) in [7, 11) is 0. The van der Waals surface area contributed by atoms with E-state index in [1.807, 2.05) is 0 Å². The molecule has 0 aromatic rings. The molecule has 5 heteroatoms. The maximum atomic E-state index is 5.84. The van der Waals surface area contributed by atoms with Crippen LogP contribution >= 0.6 is 0 Å². The van der Waals surface area contributed by atoms with Crippen LogP contribution in [-0.4, -0.2) is 63.5 Å². The summed E-state index contributed by atoms with van der Waals surface area (Å²) in [6.07, 6.45) is 5.93. The zero-order valence-corrected chi connectivity index (χ0v) is 16.6. The summed E-state index contributed by atoms with van der Waals surface area (Å²) in [6.45, 7) is 14.4. The number of likely N-dealkylation sites (tertiary alicyclic amines) is 1. The molecule has 5 nitrogen and oxygen atoms in total. The van der Waals surface area contributed by atoms with E-state index in [1.165, 1.54) is 12.8 Å². The molecule has 2 aliphatic heterocycles. The summed E-state index contributed by atoms with van der Waals surface area (Å²) >= 11 is 0. The van der Waals surface area contributed by atoms with Crippen molar-refractivity contribution in [2.45, 2.75) is 52.9 Å². The zero-order valence-electron chi connectivity index (χ0n) is 16.6. The molecule has 1 N–H and O–H groups in total. The lowest BCUT2D eigenvalue weighted by atomic mass is 9.97. The maximum absolute atomic E-state index is 5.84. The number of nitrogens with one attached hydrogen (secondary N) is 1. The van der Waals surface area contributed by atoms with Crippen LogP contribution in [0.25, 0.3) is 0 Å². The highest BCUT2D eigenvalue weighted by atomic mass is 16.5. The molecule has 2 fully saturated rings. The third-order valence-electron chi connectivity index (χ3n) is 5.13. The van der Waals surface area contributed by atoms with Crippen LogP contribution in [0.4, 0.5) is 0 Å². The first kappa shape index (κ1) is 20.5. The van der Waals surface area contributed by atoms with E-state index in [2.05, 4.69) is 31.0 Å². The predicted molar refractivity (Wildman–Crippen MR) is 104 cm³/mol. The molecule has 2 aliphatic rings. The molecule has 0 amide bonds. The summed E-state index contributed by atoms with van der Waals surface area (Å²) in [5.74, 6) is 3.40. The third-order valence-corrected chi connectivity index (χ3v) is 5.13. The van der Waals surface area contributed by atoms with Crippen LogP contribution in [0.1, 0.15) is 52.9 Å². The van der Waals surface area contributed by atoms with E-state index in [4.69, 9.17) is 14.5 Å². The van der Waals surface area contributed by atoms with Gasteiger partial charge in [-0.3, -0.25) is 4.99 Å². The van der Waals surface area contributed by atoms with Crippen molar-refractivity contribution in [1.29, 1.82) is 0 Å². The van der Waals surface area contributed by atoms with Gasteiger partial charge in [0.2, 0.25) is 0 Å². The summed E-state index contributed by atoms with van der Waals surface area (Å²) in [5, 5.41) is 3.46. The van der Waals surface area contributed by atoms with Crippen molar-refractivity contribution in [2.75, 3.05) is 52.6 Å². The molecule has 1 unspecified atom stereocenters. The minimum Gasteiger partial charge on any atom is -0.381 e. The van der Waals surface area contributed by atoms with Crippen molar-refractivity contribution in [3.8, 4) is 0 Å². The van der Waals surface area contributed by atoms with Gasteiger partial charge in [0.25, 0.3) is 0 Å². The Labute approximate surface area is 154 Å². The van der Waals surface area contributed by atoms with E-state index >= 15 is 0 Å². The van der Waals surface area contributed by atoms with Crippen LogP contribution in [0, 0.1) is 17.8 Å². The predicted octanol–water partition coefficient (Wildman–Crippen LogP) is 3.15. The summed E-state index contributed by atoms with van der Waals surface area (Å²) in [5.41, 5.74) is 0. The minimum atomic E-state index is 0.692. The molecular formula is C20H39N3O2. The molecule has 25 heavy (non-hydrogen) atoms. The number of hydrogen-bond acceptors (Lipinski definition) is 3. The summed E-state index contributed by atoms with van der Waals surface area (Å²) in [4.78, 5) is 7.27. The Kier molecular flexibility index (Phi) is 9.63. The second kappa shape index (κ2) is 11.7. The van der Waals surface area contributed by atoms with Crippen LogP contribution in [0.3, 0.4) is 0 Å². The SMILES string of the molecule is CCNC(=NCCCOCC1CCOCC1)N1CCC(CC(C)C)C1. The molecule has 2 heterocycles. The first-order chi connectivity index (χ1) is 12.2. The molecule has 2 rings (SSSR count). The maximum Gasteiger partial charge on any atom is 0.193 e. The van der Waals surface area contributed by atoms with Crippen LogP contribution < -0.4 is 5.32 Å². The topological polar surface area (TPSA) is 46.1 Å². The smallest absolute Gasteiger partial charge is 0.193 e. The molecule has 146 valence electrons. The number of ether oxygens (including phenoxy) is 2. The van der Waals surface area contributed by atoms with Crippen LogP contribution in [0.15, 0.2) is 4.99 Å². The average molecular weight is 354 g/mol. The van der Waals surface area contributed by atoms with Crippen LogP contribution in [-0.2, 0) is 9.47 Å². The minimum absolute atomic E-state index is 0.692. The highest BCUT2D eigenvalue weighted by Gasteiger charge is 2.25. The first-order valence-electron chi connectivity index (χ1n) is 10.4. The van der Waals surface area contributed by atoms with Crippen molar-refractivity contribution < 1.29 is 9.47 Å². The van der Waals surface area contributed by atoms with Crippen molar-refractivity contribution in [1.82, 2.24) is 10.2 Å². The Bertz CT molecular complexity index is 381. The van der Waals surface area contributed by atoms with Crippen molar-refractivity contribution >= 4 is 5.96 Å². The average Bonchev–Trinajstić information content (AvgIpc) is 3.05. The van der Waals surface area contributed by atoms with Gasteiger partial charge in [-0.15, -0.1) is 0 Å². The monoisotopic (exact) mass is 353 g/mol. The molecule has 0 aromatic heterocycles. The van der Waals surface area contributed by atoms with Gasteiger partial charge in [-0.25, -0.2) is 0 Å². The van der Waals surface area contributed by atoms with E-state index in [9.17, 15) is 0 Å². The largest absolute Gasteiger partial charge is 0.381 e. The number of aliphatic imine (C=N–C) groups is 1. The fourth-order valence-electron chi connectivity index (χ4n) is 3.82. The standard InChI is InChI=1S/C20H39N3O2/c1-4-21-20(23-10-6-19(15-23)14-17(2)3)22-9-5-11-25-16-18-7-12-24-13-8-18/h17-19H,4-16H2,1-3H3,(H,21,22). The Balaban J connectivity index is 1.63. The fraction of sp³-hybridized carbons (Fsp3) is 0.950. The van der Waals surface area contributed by atoms with Crippen LogP contribution in [0.5, 0.6) is 0 Å². The quantitative estimate of drug-likeness (QED) is 0.393. The first-order valence-corrected chi connectivity index (χ1v) is 10.4. The normalized spacial score (nSPS) is 22.8. The Morgan fingerprint density at radius 1 is 1.24 bits per heavy atom. The number of rotatable bonds is 9. The third kappa shape index (κ3) is 7.95. The molecule has 0 aromatic carbocycles. The number of guanidine groups is 1. The van der Waals surface area contributed by atoms with Gasteiger partial charge in [-0.05, 0) is 56.8 Å². The second-order valence-corrected chi connectivity index (χ2v) is 7.95. The van der Waals surface area contributed by atoms with Gasteiger partial charge in [0.05, 0.1) is 0 Å². The van der Waals surface area contributed by atoms with Gasteiger partial charge in [-0.1, -0.05) is 13.8 Å². The van der Waals surface area contributed by atoms with E-state index < -0.39 is 0 Å². The van der Waals surface area contributed by atoms with Gasteiger partial charge in [0.15, 0.2) is 5.96 Å². The lowest BCUT2D eigenvalue weighted by Gasteiger charge is -2.22. The molecule has 0 saturated carbocycles.